The molecular weight excluding hydrogens is 326 g/mol. The molecule has 1 rings (SSSR count). The molecule has 0 heterocycles. The lowest BCUT2D eigenvalue weighted by Gasteiger charge is -2.41. The number of hydrogen-bond acceptors (Lipinski definition) is 9. The molecule has 8 N–H and O–H groups in total. The predicted octanol–water partition coefficient (Wildman–Crippen LogP) is -3.60. The Morgan fingerprint density at radius 2 is 1.05 bits per heavy atom. The van der Waals surface area contributed by atoms with E-state index >= 15 is 0 Å². The molecule has 1 aliphatic rings. The molecule has 12 nitrogen and oxygen atoms in total. The van der Waals surface area contributed by atoms with Crippen molar-refractivity contribution in [1.82, 2.24) is 0 Å². The first-order valence-electron chi connectivity index (χ1n) is 5.04. The molecule has 0 aromatic heterocycles. The minimum Gasteiger partial charge on any atom is -0.387 e. The Morgan fingerprint density at radius 1 is 0.700 bits per heavy atom. The number of hydrogen-bond donors (Lipinski definition) is 8. The van der Waals surface area contributed by atoms with Gasteiger partial charge in [0.15, 0.2) is 0 Å². The maximum atomic E-state index is 11.3. The van der Waals surface area contributed by atoms with Gasteiger partial charge in [0.1, 0.15) is 36.6 Å². The summed E-state index contributed by atoms with van der Waals surface area (Å²) in [5.74, 6) is 0. The maximum absolute atomic E-state index is 11.3. The Morgan fingerprint density at radius 3 is 1.40 bits per heavy atom. The van der Waals surface area contributed by atoms with Crippen LogP contribution < -0.4 is 0 Å². The first kappa shape index (κ1) is 18.1. The van der Waals surface area contributed by atoms with Gasteiger partial charge in [-0.15, -0.1) is 0 Å². The van der Waals surface area contributed by atoms with Crippen molar-refractivity contribution in [3.63, 3.8) is 0 Å². The van der Waals surface area contributed by atoms with E-state index in [4.69, 9.17) is 14.7 Å². The SMILES string of the molecule is O=P(O)(O)OP(=O)(O)OC1[C@@H](O)[C@H](O)C(O)[C@H](O)[C@@H]1O. The average molecular weight is 340 g/mol. The number of aliphatic hydroxyl groups is 5. The number of phosphoric ester groups is 1. The summed E-state index contributed by atoms with van der Waals surface area (Å²) >= 11 is 0. The standard InChI is InChI=1S/C6H14O12P2/c7-1-2(8)4(10)6(5(11)3(1)9)17-20(15,16)18-19(12,13)14/h1-11H,(H,15,16)(H2,12,13,14)/t1?,2-,3+,4-,5-,6?/m0/s1. The second-order valence-electron chi connectivity index (χ2n) is 4.06. The molecule has 7 atom stereocenters. The molecular formula is C6H14O12P2. The zero-order chi connectivity index (χ0) is 15.9. The van der Waals surface area contributed by atoms with Crippen molar-refractivity contribution in [2.24, 2.45) is 0 Å². The summed E-state index contributed by atoms with van der Waals surface area (Å²) in [6, 6.07) is 0. The molecule has 1 saturated carbocycles. The molecule has 0 saturated heterocycles. The van der Waals surface area contributed by atoms with E-state index in [1.807, 2.05) is 0 Å². The van der Waals surface area contributed by atoms with Crippen LogP contribution in [0, 0.1) is 0 Å². The van der Waals surface area contributed by atoms with Crippen LogP contribution in [0.4, 0.5) is 0 Å². The molecule has 120 valence electrons. The Hall–Kier alpha value is 0.0600. The molecule has 0 spiro atoms. The van der Waals surface area contributed by atoms with Crippen LogP contribution in [0.1, 0.15) is 0 Å². The van der Waals surface area contributed by atoms with Crippen LogP contribution in [0.3, 0.4) is 0 Å². The van der Waals surface area contributed by atoms with Crippen LogP contribution in [-0.4, -0.2) is 76.8 Å². The molecule has 3 unspecified atom stereocenters. The minimum absolute atomic E-state index is 1.96. The Labute approximate surface area is 111 Å². The van der Waals surface area contributed by atoms with Crippen molar-refractivity contribution in [3.05, 3.63) is 0 Å². The van der Waals surface area contributed by atoms with Gasteiger partial charge in [-0.1, -0.05) is 0 Å². The van der Waals surface area contributed by atoms with Gasteiger partial charge < -0.3 is 40.2 Å². The molecule has 0 bridgehead atoms. The smallest absolute Gasteiger partial charge is 0.387 e. The van der Waals surface area contributed by atoms with E-state index in [2.05, 4.69) is 8.83 Å². The minimum atomic E-state index is -5.42. The highest BCUT2D eigenvalue weighted by Gasteiger charge is 2.52. The summed E-state index contributed by atoms with van der Waals surface area (Å²) in [5.41, 5.74) is 0. The summed E-state index contributed by atoms with van der Waals surface area (Å²) in [6.07, 6.45) is -12.4. The van der Waals surface area contributed by atoms with Crippen LogP contribution >= 0.6 is 15.6 Å². The van der Waals surface area contributed by atoms with E-state index in [9.17, 15) is 34.7 Å². The van der Waals surface area contributed by atoms with Crippen molar-refractivity contribution in [2.45, 2.75) is 36.6 Å². The topological polar surface area (TPSA) is 214 Å². The van der Waals surface area contributed by atoms with Gasteiger partial charge >= 0.3 is 15.6 Å². The second-order valence-corrected chi connectivity index (χ2v) is 6.85. The molecule has 0 amide bonds. The first-order valence-corrected chi connectivity index (χ1v) is 8.07. The van der Waals surface area contributed by atoms with Crippen LogP contribution in [-0.2, 0) is 18.0 Å². The van der Waals surface area contributed by atoms with E-state index in [0.717, 1.165) is 0 Å². The number of rotatable bonds is 4. The lowest BCUT2D eigenvalue weighted by atomic mass is 9.85. The molecule has 14 heteroatoms. The molecule has 20 heavy (non-hydrogen) atoms. The fourth-order valence-electron chi connectivity index (χ4n) is 1.63. The van der Waals surface area contributed by atoms with Gasteiger partial charge in [-0.2, -0.15) is 4.31 Å². The monoisotopic (exact) mass is 340 g/mol. The lowest BCUT2D eigenvalue weighted by molar-refractivity contribution is -0.219. The van der Waals surface area contributed by atoms with Crippen molar-refractivity contribution >= 4 is 15.6 Å². The second kappa shape index (κ2) is 6.05. The summed E-state index contributed by atoms with van der Waals surface area (Å²) in [6.45, 7) is 0. The lowest BCUT2D eigenvalue weighted by Crippen LogP contribution is -2.64. The Balaban J connectivity index is 2.90. The average Bonchev–Trinajstić information content (AvgIpc) is 2.26. The van der Waals surface area contributed by atoms with Gasteiger partial charge in [0.05, 0.1) is 0 Å². The highest BCUT2D eigenvalue weighted by molar-refractivity contribution is 7.60. The fraction of sp³-hybridized carbons (Fsp3) is 1.00. The zero-order valence-electron chi connectivity index (χ0n) is 9.57. The zero-order valence-corrected chi connectivity index (χ0v) is 11.4. The quantitative estimate of drug-likeness (QED) is 0.233. The van der Waals surface area contributed by atoms with Gasteiger partial charge in [0.25, 0.3) is 0 Å². The van der Waals surface area contributed by atoms with Gasteiger partial charge in [-0.05, 0) is 0 Å². The van der Waals surface area contributed by atoms with E-state index < -0.39 is 52.3 Å². The third kappa shape index (κ3) is 4.28. The summed E-state index contributed by atoms with van der Waals surface area (Å²) < 4.78 is 29.2. The van der Waals surface area contributed by atoms with Crippen molar-refractivity contribution in [3.8, 4) is 0 Å². The maximum Gasteiger partial charge on any atom is 0.481 e. The van der Waals surface area contributed by atoms with E-state index in [1.165, 1.54) is 0 Å². The Bertz CT molecular complexity index is 418. The number of aliphatic hydroxyl groups excluding tert-OH is 5. The molecule has 1 aliphatic carbocycles. The Kier molecular flexibility index (Phi) is 5.48. The molecule has 0 aromatic rings. The van der Waals surface area contributed by atoms with Crippen molar-refractivity contribution in [1.29, 1.82) is 0 Å². The van der Waals surface area contributed by atoms with Gasteiger partial charge in [0.2, 0.25) is 0 Å². The first-order chi connectivity index (χ1) is 8.86. The normalized spacial score (nSPS) is 42.2. The van der Waals surface area contributed by atoms with Crippen LogP contribution in [0.15, 0.2) is 0 Å². The van der Waals surface area contributed by atoms with Crippen LogP contribution in [0.25, 0.3) is 0 Å². The fourth-order valence-corrected chi connectivity index (χ4v) is 3.42. The summed E-state index contributed by atoms with van der Waals surface area (Å²) in [5, 5.41) is 46.8. The largest absolute Gasteiger partial charge is 0.481 e. The molecule has 0 aromatic carbocycles. The predicted molar refractivity (Wildman–Crippen MR) is 57.9 cm³/mol. The summed E-state index contributed by atoms with van der Waals surface area (Å²) in [4.78, 5) is 25.8. The van der Waals surface area contributed by atoms with Gasteiger partial charge in [-0.3, -0.25) is 4.52 Å². The van der Waals surface area contributed by atoms with Crippen molar-refractivity contribution in [2.75, 3.05) is 0 Å². The third-order valence-corrected chi connectivity index (χ3v) is 4.72. The highest BCUT2D eigenvalue weighted by Crippen LogP contribution is 2.58. The van der Waals surface area contributed by atoms with E-state index in [-0.39, 0.29) is 0 Å². The third-order valence-electron chi connectivity index (χ3n) is 2.54. The van der Waals surface area contributed by atoms with E-state index in [0.29, 0.717) is 0 Å². The number of phosphoric acid groups is 2. The molecule has 0 aliphatic heterocycles. The summed E-state index contributed by atoms with van der Waals surface area (Å²) in [7, 11) is -10.8. The molecule has 1 fully saturated rings. The van der Waals surface area contributed by atoms with E-state index in [1.54, 1.807) is 0 Å². The highest BCUT2D eigenvalue weighted by atomic mass is 31.3. The van der Waals surface area contributed by atoms with Gasteiger partial charge in [-0.25, -0.2) is 9.13 Å². The molecule has 0 radical (unpaired) electrons. The van der Waals surface area contributed by atoms with Gasteiger partial charge in [0, 0.05) is 0 Å². The van der Waals surface area contributed by atoms with Crippen molar-refractivity contribution < 1.29 is 58.2 Å². The van der Waals surface area contributed by atoms with Crippen LogP contribution in [0.2, 0.25) is 0 Å². The van der Waals surface area contributed by atoms with Crippen LogP contribution in [0.5, 0.6) is 0 Å².